The van der Waals surface area contributed by atoms with Gasteiger partial charge in [0.2, 0.25) is 5.95 Å². The zero-order valence-electron chi connectivity index (χ0n) is 19.7. The Balaban J connectivity index is 1.21. The van der Waals surface area contributed by atoms with Crippen molar-refractivity contribution >= 4 is 33.7 Å². The van der Waals surface area contributed by atoms with Gasteiger partial charge in [0, 0.05) is 6.20 Å². The third kappa shape index (κ3) is 3.55. The minimum atomic E-state index is -0.901. The van der Waals surface area contributed by atoms with Crippen LogP contribution < -0.4 is 16.6 Å². The number of hydrogen-bond donors (Lipinski definition) is 4. The normalized spacial score (nSPS) is 25.3. The van der Waals surface area contributed by atoms with E-state index in [4.69, 9.17) is 10.7 Å². The van der Waals surface area contributed by atoms with Crippen LogP contribution in [-0.2, 0) is 13.0 Å². The van der Waals surface area contributed by atoms with E-state index in [1.807, 2.05) is 48.9 Å². The van der Waals surface area contributed by atoms with E-state index in [1.165, 1.54) is 6.33 Å². The summed E-state index contributed by atoms with van der Waals surface area (Å²) in [5.41, 5.74) is 8.09. The molecule has 0 saturated heterocycles. The van der Waals surface area contributed by atoms with E-state index in [0.717, 1.165) is 10.9 Å². The Hall–Kier alpha value is -3.50. The lowest BCUT2D eigenvalue weighted by molar-refractivity contribution is 0.00545. The predicted molar refractivity (Wildman–Crippen MR) is 133 cm³/mol. The van der Waals surface area contributed by atoms with Crippen LogP contribution in [0.2, 0.25) is 0 Å². The van der Waals surface area contributed by atoms with Crippen molar-refractivity contribution in [2.24, 2.45) is 5.92 Å². The molecule has 3 aromatic heterocycles. The molecule has 4 aromatic rings. The molecule has 4 atom stereocenters. The number of nitrogens with two attached hydrogens (primary N) is 1. The minimum Gasteiger partial charge on any atom is -0.390 e. The van der Waals surface area contributed by atoms with E-state index < -0.39 is 12.2 Å². The number of nitrogens with one attached hydrogen (secondary N) is 1. The first-order valence-electron chi connectivity index (χ1n) is 12.0. The smallest absolute Gasteiger partial charge is 0.262 e. The number of nitrogens with zero attached hydrogens (tertiary/aromatic N) is 5. The Morgan fingerprint density at radius 1 is 1.17 bits per heavy atom. The van der Waals surface area contributed by atoms with Crippen LogP contribution in [0.25, 0.3) is 21.9 Å². The van der Waals surface area contributed by atoms with E-state index in [2.05, 4.69) is 15.3 Å². The van der Waals surface area contributed by atoms with Crippen LogP contribution in [0.1, 0.15) is 38.3 Å². The van der Waals surface area contributed by atoms with Crippen LogP contribution in [0.5, 0.6) is 0 Å². The van der Waals surface area contributed by atoms with E-state index in [-0.39, 0.29) is 23.1 Å². The number of aromatic nitrogens is 5. The van der Waals surface area contributed by atoms with Gasteiger partial charge in [0.1, 0.15) is 23.9 Å². The molecule has 1 aliphatic heterocycles. The molecule has 5 N–H and O–H groups in total. The molecule has 182 valence electrons. The lowest BCUT2D eigenvalue weighted by Gasteiger charge is -2.19. The SMILES string of the molecule is CC1(C)Cn2c(nc3cc(CC[C@H]4C[C@@H](n5ccc6c(N)ncnc65)[C@H](O)[C@@H]4O)ccc3c2=O)N1. The summed E-state index contributed by atoms with van der Waals surface area (Å²) in [7, 11) is 0. The molecule has 10 heteroatoms. The van der Waals surface area contributed by atoms with Gasteiger partial charge in [0.05, 0.1) is 40.5 Å². The lowest BCUT2D eigenvalue weighted by atomic mass is 9.95. The van der Waals surface area contributed by atoms with Gasteiger partial charge in [-0.25, -0.2) is 15.0 Å². The van der Waals surface area contributed by atoms with Gasteiger partial charge >= 0.3 is 0 Å². The van der Waals surface area contributed by atoms with Crippen LogP contribution in [0, 0.1) is 5.92 Å². The quantitative estimate of drug-likeness (QED) is 0.350. The average Bonchev–Trinajstić information content (AvgIpc) is 3.47. The summed E-state index contributed by atoms with van der Waals surface area (Å²) in [5.74, 6) is 0.918. The maximum Gasteiger partial charge on any atom is 0.262 e. The third-order valence-electron chi connectivity index (χ3n) is 7.50. The molecule has 0 amide bonds. The van der Waals surface area contributed by atoms with Gasteiger partial charge in [0.15, 0.2) is 0 Å². The molecular weight excluding hydrogens is 446 g/mol. The Bertz CT molecular complexity index is 1510. The maximum absolute atomic E-state index is 12.9. The highest BCUT2D eigenvalue weighted by molar-refractivity contribution is 5.86. The monoisotopic (exact) mass is 475 g/mol. The van der Waals surface area contributed by atoms with E-state index in [9.17, 15) is 15.0 Å². The Morgan fingerprint density at radius 2 is 2.00 bits per heavy atom. The summed E-state index contributed by atoms with van der Waals surface area (Å²) in [6, 6.07) is 7.31. The zero-order chi connectivity index (χ0) is 24.5. The van der Waals surface area contributed by atoms with E-state index in [1.54, 1.807) is 4.57 Å². The highest BCUT2D eigenvalue weighted by Gasteiger charge is 2.42. The molecule has 0 radical (unpaired) electrons. The Morgan fingerprint density at radius 3 is 2.83 bits per heavy atom. The number of aryl methyl sites for hydroxylation is 1. The number of aliphatic hydroxyl groups excluding tert-OH is 2. The molecule has 4 heterocycles. The van der Waals surface area contributed by atoms with Gasteiger partial charge in [-0.15, -0.1) is 0 Å². The standard InChI is InChI=1S/C25H29N7O3/c1-25(2)11-32-23(35)15-6-4-13(9-17(15)29-24(32)30-25)3-5-14-10-18(20(34)19(14)33)31-8-7-16-21(26)27-12-28-22(16)31/h4,6-9,12,14,18-20,33-34H,3,5,10-11H2,1-2H3,(H,29,30)(H2,26,27,28)/t14-,18+,19+,20-/m0/s1. The number of hydrogen-bond acceptors (Lipinski definition) is 8. The first kappa shape index (κ1) is 22.0. The number of rotatable bonds is 4. The summed E-state index contributed by atoms with van der Waals surface area (Å²) in [5, 5.41) is 26.3. The van der Waals surface area contributed by atoms with Gasteiger partial charge in [0.25, 0.3) is 5.56 Å². The number of fused-ring (bicyclic) bond motifs is 3. The molecule has 2 aliphatic rings. The van der Waals surface area contributed by atoms with Crippen LogP contribution in [0.15, 0.2) is 41.6 Å². The molecule has 1 fully saturated rings. The highest BCUT2D eigenvalue weighted by Crippen LogP contribution is 2.39. The van der Waals surface area contributed by atoms with Crippen LogP contribution in [0.4, 0.5) is 11.8 Å². The van der Waals surface area contributed by atoms with Crippen molar-refractivity contribution in [1.82, 2.24) is 24.1 Å². The van der Waals surface area contributed by atoms with Crippen molar-refractivity contribution in [3.8, 4) is 0 Å². The van der Waals surface area contributed by atoms with Crippen molar-refractivity contribution in [3.05, 3.63) is 52.7 Å². The molecule has 1 aliphatic carbocycles. The first-order chi connectivity index (χ1) is 16.7. The predicted octanol–water partition coefficient (Wildman–Crippen LogP) is 1.84. The molecule has 1 aromatic carbocycles. The second-order valence-corrected chi connectivity index (χ2v) is 10.5. The van der Waals surface area contributed by atoms with Crippen molar-refractivity contribution in [2.75, 3.05) is 11.1 Å². The molecule has 35 heavy (non-hydrogen) atoms. The summed E-state index contributed by atoms with van der Waals surface area (Å²) < 4.78 is 3.59. The van der Waals surface area contributed by atoms with Crippen LogP contribution in [-0.4, -0.2) is 52.0 Å². The fourth-order valence-corrected chi connectivity index (χ4v) is 5.67. The van der Waals surface area contributed by atoms with Gasteiger partial charge in [-0.3, -0.25) is 9.36 Å². The fraction of sp³-hybridized carbons (Fsp3) is 0.440. The van der Waals surface area contributed by atoms with Crippen molar-refractivity contribution in [3.63, 3.8) is 0 Å². The van der Waals surface area contributed by atoms with Gasteiger partial charge in [-0.1, -0.05) is 6.07 Å². The number of aliphatic hydroxyl groups is 2. The Kier molecular flexibility index (Phi) is 4.87. The second kappa shape index (κ2) is 7.76. The average molecular weight is 476 g/mol. The summed E-state index contributed by atoms with van der Waals surface area (Å²) in [4.78, 5) is 26.0. The van der Waals surface area contributed by atoms with Crippen molar-refractivity contribution < 1.29 is 10.2 Å². The summed E-state index contributed by atoms with van der Waals surface area (Å²) in [6.07, 6.45) is 3.55. The summed E-state index contributed by atoms with van der Waals surface area (Å²) >= 11 is 0. The van der Waals surface area contributed by atoms with Crippen LogP contribution in [0.3, 0.4) is 0 Å². The molecular formula is C25H29N7O3. The molecule has 0 spiro atoms. The van der Waals surface area contributed by atoms with Crippen LogP contribution >= 0.6 is 0 Å². The molecule has 1 saturated carbocycles. The Labute approximate surface area is 201 Å². The van der Waals surface area contributed by atoms with E-state index in [0.29, 0.717) is 54.1 Å². The van der Waals surface area contributed by atoms with Crippen molar-refractivity contribution in [1.29, 1.82) is 0 Å². The van der Waals surface area contributed by atoms with Gasteiger partial charge in [-0.05, 0) is 62.8 Å². The number of benzene rings is 1. The third-order valence-corrected chi connectivity index (χ3v) is 7.50. The topological polar surface area (TPSA) is 144 Å². The minimum absolute atomic E-state index is 0.0322. The lowest BCUT2D eigenvalue weighted by Crippen LogP contribution is -2.29. The largest absolute Gasteiger partial charge is 0.390 e. The number of nitrogen functional groups attached to an aromatic ring is 1. The van der Waals surface area contributed by atoms with Gasteiger partial charge in [-0.2, -0.15) is 0 Å². The highest BCUT2D eigenvalue weighted by atomic mass is 16.3. The first-order valence-corrected chi connectivity index (χ1v) is 12.0. The molecule has 0 unspecified atom stereocenters. The van der Waals surface area contributed by atoms with E-state index >= 15 is 0 Å². The summed E-state index contributed by atoms with van der Waals surface area (Å²) in [6.45, 7) is 4.68. The molecule has 6 rings (SSSR count). The molecule has 0 bridgehead atoms. The second-order valence-electron chi connectivity index (χ2n) is 10.5. The number of anilines is 2. The fourth-order valence-electron chi connectivity index (χ4n) is 5.67. The maximum atomic E-state index is 12.9. The van der Waals surface area contributed by atoms with Crippen molar-refractivity contribution in [2.45, 2.75) is 63.4 Å². The zero-order valence-corrected chi connectivity index (χ0v) is 19.7. The molecule has 10 nitrogen and oxygen atoms in total. The van der Waals surface area contributed by atoms with Gasteiger partial charge < -0.3 is 25.8 Å².